The number of rotatable bonds is 6. The fourth-order valence-corrected chi connectivity index (χ4v) is 4.61. The molecule has 1 rings (SSSR count). The van der Waals surface area contributed by atoms with Gasteiger partial charge in [0.15, 0.2) is 0 Å². The molecule has 0 fully saturated rings. The Kier molecular flexibility index (Phi) is 5.82. The molecule has 1 aromatic heterocycles. The lowest BCUT2D eigenvalue weighted by atomic mass is 10.3. The van der Waals surface area contributed by atoms with Gasteiger partial charge in [0.25, 0.3) is 0 Å². The Hall–Kier alpha value is -0.640. The van der Waals surface area contributed by atoms with Crippen molar-refractivity contribution in [2.45, 2.75) is 44.4 Å². The van der Waals surface area contributed by atoms with Crippen LogP contribution in [0.1, 0.15) is 24.3 Å². The van der Waals surface area contributed by atoms with Crippen LogP contribution < -0.4 is 5.32 Å². The predicted molar refractivity (Wildman–Crippen MR) is 76.9 cm³/mol. The molecule has 1 N–H and O–H groups in total. The van der Waals surface area contributed by atoms with Gasteiger partial charge >= 0.3 is 6.18 Å². The van der Waals surface area contributed by atoms with Crippen LogP contribution in [0, 0.1) is 6.92 Å². The first-order valence-electron chi connectivity index (χ1n) is 6.28. The molecule has 0 unspecified atom stereocenters. The molecule has 0 aromatic carbocycles. The molecule has 0 aliphatic heterocycles. The Morgan fingerprint density at radius 3 is 2.43 bits per heavy atom. The van der Waals surface area contributed by atoms with Crippen LogP contribution in [0.15, 0.2) is 10.3 Å². The third-order valence-corrected chi connectivity index (χ3v) is 6.00. The number of nitrogens with one attached hydrogen (secondary N) is 1. The van der Waals surface area contributed by atoms with Gasteiger partial charge in [0, 0.05) is 24.5 Å². The molecule has 0 saturated carbocycles. The van der Waals surface area contributed by atoms with Crippen molar-refractivity contribution in [3.63, 3.8) is 0 Å². The fourth-order valence-electron chi connectivity index (χ4n) is 1.75. The van der Waals surface area contributed by atoms with E-state index in [0.29, 0.717) is 21.3 Å². The molecule has 9 heteroatoms. The van der Waals surface area contributed by atoms with Gasteiger partial charge in [-0.3, -0.25) is 0 Å². The van der Waals surface area contributed by atoms with Crippen molar-refractivity contribution >= 4 is 21.4 Å². The summed E-state index contributed by atoms with van der Waals surface area (Å²) < 4.78 is 62.3. The molecule has 0 amide bonds. The molecule has 0 aliphatic rings. The van der Waals surface area contributed by atoms with Crippen LogP contribution in [-0.4, -0.2) is 38.5 Å². The normalized spacial score (nSPS) is 13.4. The van der Waals surface area contributed by atoms with Gasteiger partial charge in [0.2, 0.25) is 10.0 Å². The first-order valence-corrected chi connectivity index (χ1v) is 8.60. The number of hydrogen-bond donors (Lipinski definition) is 1. The highest BCUT2D eigenvalue weighted by atomic mass is 32.2. The Labute approximate surface area is 127 Å². The van der Waals surface area contributed by atoms with Crippen LogP contribution >= 0.6 is 11.3 Å². The second-order valence-electron chi connectivity index (χ2n) is 5.08. The van der Waals surface area contributed by atoms with Crippen molar-refractivity contribution in [1.82, 2.24) is 9.62 Å². The minimum Gasteiger partial charge on any atom is -0.310 e. The topological polar surface area (TPSA) is 49.4 Å². The van der Waals surface area contributed by atoms with Crippen LogP contribution in [0.4, 0.5) is 13.2 Å². The minimum absolute atomic E-state index is 0.0209. The Morgan fingerprint density at radius 2 is 1.95 bits per heavy atom. The quantitative estimate of drug-likeness (QED) is 0.863. The maximum atomic E-state index is 12.4. The van der Waals surface area contributed by atoms with E-state index in [4.69, 9.17) is 0 Å². The molecule has 122 valence electrons. The molecule has 0 aliphatic carbocycles. The summed E-state index contributed by atoms with van der Waals surface area (Å²) in [4.78, 5) is 0.502. The number of aryl methyl sites for hydroxylation is 1. The number of sulfonamides is 1. The second kappa shape index (κ2) is 6.64. The highest BCUT2D eigenvalue weighted by Crippen LogP contribution is 2.30. The average molecular weight is 344 g/mol. The molecule has 21 heavy (non-hydrogen) atoms. The van der Waals surface area contributed by atoms with E-state index in [9.17, 15) is 21.6 Å². The van der Waals surface area contributed by atoms with Gasteiger partial charge in [-0.05, 0) is 17.9 Å². The smallest absolute Gasteiger partial charge is 0.310 e. The Balaban J connectivity index is 3.10. The molecule has 0 saturated heterocycles. The van der Waals surface area contributed by atoms with E-state index in [1.54, 1.807) is 12.3 Å². The van der Waals surface area contributed by atoms with Crippen molar-refractivity contribution in [3.8, 4) is 0 Å². The van der Waals surface area contributed by atoms with E-state index >= 15 is 0 Å². The lowest BCUT2D eigenvalue weighted by molar-refractivity contribution is -0.134. The van der Waals surface area contributed by atoms with E-state index in [-0.39, 0.29) is 10.9 Å². The van der Waals surface area contributed by atoms with Gasteiger partial charge in [-0.2, -0.15) is 17.5 Å². The molecule has 1 aromatic rings. The van der Waals surface area contributed by atoms with E-state index in [0.717, 1.165) is 7.05 Å². The summed E-state index contributed by atoms with van der Waals surface area (Å²) in [5.41, 5.74) is 0.467. The maximum Gasteiger partial charge on any atom is 0.402 e. The van der Waals surface area contributed by atoms with Gasteiger partial charge < -0.3 is 5.32 Å². The van der Waals surface area contributed by atoms with Crippen molar-refractivity contribution in [2.24, 2.45) is 0 Å². The fraction of sp³-hybridized carbons (Fsp3) is 0.667. The zero-order valence-corrected chi connectivity index (χ0v) is 13.9. The molecule has 0 radical (unpaired) electrons. The molecular formula is C12H19F3N2O2S2. The summed E-state index contributed by atoms with van der Waals surface area (Å²) >= 11 is 1.23. The summed E-state index contributed by atoms with van der Waals surface area (Å²) in [6, 6.07) is 0.149. The van der Waals surface area contributed by atoms with Crippen LogP contribution in [0.3, 0.4) is 0 Å². The molecule has 0 spiro atoms. The molecule has 4 nitrogen and oxygen atoms in total. The predicted octanol–water partition coefficient (Wildman–Crippen LogP) is 2.74. The van der Waals surface area contributed by atoms with E-state index in [1.807, 2.05) is 13.8 Å². The zero-order chi connectivity index (χ0) is 16.4. The van der Waals surface area contributed by atoms with Crippen LogP contribution in [0.5, 0.6) is 0 Å². The summed E-state index contributed by atoms with van der Waals surface area (Å²) in [5, 5.41) is 4.72. The van der Waals surface area contributed by atoms with E-state index in [1.165, 1.54) is 11.3 Å². The monoisotopic (exact) mass is 344 g/mol. The van der Waals surface area contributed by atoms with Crippen molar-refractivity contribution in [1.29, 1.82) is 0 Å². The van der Waals surface area contributed by atoms with Crippen LogP contribution in [-0.2, 0) is 16.6 Å². The Morgan fingerprint density at radius 1 is 1.38 bits per heavy atom. The van der Waals surface area contributed by atoms with Crippen molar-refractivity contribution in [2.75, 3.05) is 13.6 Å². The van der Waals surface area contributed by atoms with Crippen LogP contribution in [0.25, 0.3) is 0 Å². The van der Waals surface area contributed by atoms with Gasteiger partial charge in [0.05, 0.1) is 0 Å². The summed E-state index contributed by atoms with van der Waals surface area (Å²) in [6.07, 6.45) is -4.57. The third-order valence-electron chi connectivity index (χ3n) is 2.73. The number of thiophene rings is 1. The SMILES string of the molecule is Cc1csc(CNC(C)C)c1S(=O)(=O)N(C)CC(F)(F)F. The second-order valence-corrected chi connectivity index (χ2v) is 8.03. The van der Waals surface area contributed by atoms with E-state index in [2.05, 4.69) is 5.32 Å². The largest absolute Gasteiger partial charge is 0.402 e. The van der Waals surface area contributed by atoms with Gasteiger partial charge in [-0.15, -0.1) is 11.3 Å². The first-order chi connectivity index (χ1) is 9.45. The molecule has 1 heterocycles. The van der Waals surface area contributed by atoms with Crippen molar-refractivity contribution < 1.29 is 21.6 Å². The summed E-state index contributed by atoms with van der Waals surface area (Å²) in [7, 11) is -3.21. The zero-order valence-electron chi connectivity index (χ0n) is 12.3. The average Bonchev–Trinajstić information content (AvgIpc) is 2.66. The first kappa shape index (κ1) is 18.4. The lowest BCUT2D eigenvalue weighted by Crippen LogP contribution is -2.36. The number of halogens is 3. The summed E-state index contributed by atoms with van der Waals surface area (Å²) in [6.45, 7) is 4.21. The standard InChI is InChI=1S/C12H19F3N2O2S2/c1-8(2)16-5-10-11(9(3)6-20-10)21(18,19)17(4)7-12(13,14)15/h6,8,16H,5,7H2,1-4H3. The van der Waals surface area contributed by atoms with Gasteiger partial charge in [-0.25, -0.2) is 8.42 Å². The third kappa shape index (κ3) is 4.94. The van der Waals surface area contributed by atoms with Crippen molar-refractivity contribution in [3.05, 3.63) is 15.8 Å². The maximum absolute atomic E-state index is 12.4. The van der Waals surface area contributed by atoms with Gasteiger partial charge in [-0.1, -0.05) is 13.8 Å². The highest BCUT2D eigenvalue weighted by Gasteiger charge is 2.36. The Bertz CT molecular complexity index is 580. The number of hydrogen-bond acceptors (Lipinski definition) is 4. The minimum atomic E-state index is -4.57. The summed E-state index contributed by atoms with van der Waals surface area (Å²) in [5.74, 6) is 0. The van der Waals surface area contributed by atoms with Gasteiger partial charge in [0.1, 0.15) is 11.4 Å². The molecule has 0 atom stereocenters. The number of alkyl halides is 3. The highest BCUT2D eigenvalue weighted by molar-refractivity contribution is 7.89. The van der Waals surface area contributed by atoms with Crippen LogP contribution in [0.2, 0.25) is 0 Å². The lowest BCUT2D eigenvalue weighted by Gasteiger charge is -2.20. The molecular weight excluding hydrogens is 325 g/mol. The van der Waals surface area contributed by atoms with E-state index < -0.39 is 22.7 Å². The molecule has 0 bridgehead atoms. The number of nitrogens with zero attached hydrogens (tertiary/aromatic N) is 1.